The van der Waals surface area contributed by atoms with Gasteiger partial charge in [-0.1, -0.05) is 17.4 Å². The van der Waals surface area contributed by atoms with Crippen molar-refractivity contribution in [1.29, 1.82) is 0 Å². The lowest BCUT2D eigenvalue weighted by atomic mass is 10.0. The van der Waals surface area contributed by atoms with Crippen LogP contribution in [0, 0.1) is 0 Å². The number of hydrogen-bond donors (Lipinski definition) is 1. The zero-order chi connectivity index (χ0) is 12.0. The Morgan fingerprint density at radius 2 is 2.35 bits per heavy atom. The van der Waals surface area contributed by atoms with E-state index in [9.17, 15) is 4.79 Å². The van der Waals surface area contributed by atoms with E-state index in [-0.39, 0.29) is 0 Å². The molecule has 5 heteroatoms. The number of fused-ring (bicyclic) bond motifs is 3. The van der Waals surface area contributed by atoms with Crippen molar-refractivity contribution < 1.29 is 9.90 Å². The second-order valence-electron chi connectivity index (χ2n) is 3.97. The van der Waals surface area contributed by atoms with Gasteiger partial charge >= 0.3 is 5.97 Å². The molecule has 0 saturated carbocycles. The summed E-state index contributed by atoms with van der Waals surface area (Å²) in [5.41, 5.74) is 1.90. The molecule has 0 saturated heterocycles. The van der Waals surface area contributed by atoms with E-state index in [1.54, 1.807) is 24.5 Å². The molecule has 2 aromatic heterocycles. The van der Waals surface area contributed by atoms with Crippen LogP contribution in [0.5, 0.6) is 0 Å². The Labute approximate surface area is 101 Å². The topological polar surface area (TPSA) is 54.6 Å². The lowest BCUT2D eigenvalue weighted by molar-refractivity contribution is -0.138. The maximum atomic E-state index is 10.9. The Bertz CT molecular complexity index is 714. The summed E-state index contributed by atoms with van der Waals surface area (Å²) in [6, 6.07) is 5.76. The standard InChI is InChI=1S/C12H10N2O2S/c1-7(11(15)16)8-2-3-9-10(6-8)17-12-13-4-5-14(9)12/h2-7H,1H3,(H,15,16). The normalized spacial score (nSPS) is 13.2. The highest BCUT2D eigenvalue weighted by Gasteiger charge is 2.15. The number of aliphatic carboxylic acids is 1. The number of carbonyl (C=O) groups is 1. The van der Waals surface area contributed by atoms with Crippen LogP contribution in [0.25, 0.3) is 15.2 Å². The molecule has 0 aliphatic carbocycles. The molecule has 3 rings (SSSR count). The number of benzene rings is 1. The first kappa shape index (κ1) is 10.3. The number of nitrogens with zero attached hydrogens (tertiary/aromatic N) is 2. The Morgan fingerprint density at radius 3 is 3.12 bits per heavy atom. The SMILES string of the molecule is CC(C(=O)O)c1ccc2c(c1)sc1nccn12. The van der Waals surface area contributed by atoms with E-state index in [0.717, 1.165) is 20.7 Å². The summed E-state index contributed by atoms with van der Waals surface area (Å²) >= 11 is 1.57. The highest BCUT2D eigenvalue weighted by Crippen LogP contribution is 2.28. The second kappa shape index (κ2) is 3.56. The van der Waals surface area contributed by atoms with Crippen LogP contribution in [-0.4, -0.2) is 20.5 Å². The fraction of sp³-hybridized carbons (Fsp3) is 0.167. The smallest absolute Gasteiger partial charge is 0.310 e. The van der Waals surface area contributed by atoms with Crippen LogP contribution in [0.1, 0.15) is 18.4 Å². The number of carboxylic acid groups (broad SMARTS) is 1. The van der Waals surface area contributed by atoms with Gasteiger partial charge in [-0.3, -0.25) is 9.20 Å². The van der Waals surface area contributed by atoms with E-state index >= 15 is 0 Å². The lowest BCUT2D eigenvalue weighted by Gasteiger charge is -2.05. The van der Waals surface area contributed by atoms with Gasteiger partial charge in [0.15, 0.2) is 4.96 Å². The third-order valence-corrected chi connectivity index (χ3v) is 3.95. The summed E-state index contributed by atoms with van der Waals surface area (Å²) in [5, 5.41) is 8.99. The quantitative estimate of drug-likeness (QED) is 0.756. The molecule has 0 fully saturated rings. The molecule has 1 atom stereocenters. The van der Waals surface area contributed by atoms with Crippen LogP contribution < -0.4 is 0 Å². The lowest BCUT2D eigenvalue weighted by Crippen LogP contribution is -2.06. The maximum absolute atomic E-state index is 10.9. The number of rotatable bonds is 2. The summed E-state index contributed by atoms with van der Waals surface area (Å²) in [7, 11) is 0. The van der Waals surface area contributed by atoms with E-state index in [1.807, 2.05) is 28.8 Å². The molecule has 17 heavy (non-hydrogen) atoms. The molecule has 0 spiro atoms. The van der Waals surface area contributed by atoms with Crippen molar-refractivity contribution in [2.24, 2.45) is 0 Å². The molecule has 1 aromatic carbocycles. The van der Waals surface area contributed by atoms with Gasteiger partial charge in [0.25, 0.3) is 0 Å². The van der Waals surface area contributed by atoms with Gasteiger partial charge in [0.2, 0.25) is 0 Å². The minimum atomic E-state index is -0.800. The van der Waals surface area contributed by atoms with Crippen LogP contribution >= 0.6 is 11.3 Å². The van der Waals surface area contributed by atoms with Crippen LogP contribution in [0.15, 0.2) is 30.6 Å². The van der Waals surface area contributed by atoms with Gasteiger partial charge in [-0.2, -0.15) is 0 Å². The van der Waals surface area contributed by atoms with Crippen molar-refractivity contribution in [3.8, 4) is 0 Å². The third kappa shape index (κ3) is 1.51. The highest BCUT2D eigenvalue weighted by molar-refractivity contribution is 7.23. The first-order valence-electron chi connectivity index (χ1n) is 5.25. The van der Waals surface area contributed by atoms with Gasteiger partial charge in [0.05, 0.1) is 16.1 Å². The Hall–Kier alpha value is -1.88. The Morgan fingerprint density at radius 1 is 1.53 bits per heavy atom. The Kier molecular flexibility index (Phi) is 2.16. The van der Waals surface area contributed by atoms with Crippen LogP contribution in [-0.2, 0) is 4.79 Å². The summed E-state index contributed by atoms with van der Waals surface area (Å²) in [5.74, 6) is -1.28. The predicted octanol–water partition coefficient (Wildman–Crippen LogP) is 2.74. The molecule has 4 nitrogen and oxygen atoms in total. The maximum Gasteiger partial charge on any atom is 0.310 e. The average Bonchev–Trinajstić information content (AvgIpc) is 2.86. The molecule has 1 N–H and O–H groups in total. The number of carboxylic acids is 1. The first-order valence-corrected chi connectivity index (χ1v) is 6.07. The third-order valence-electron chi connectivity index (χ3n) is 2.92. The van der Waals surface area contributed by atoms with Crippen LogP contribution in [0.2, 0.25) is 0 Å². The number of imidazole rings is 1. The van der Waals surface area contributed by atoms with Gasteiger partial charge in [-0.25, -0.2) is 4.98 Å². The van der Waals surface area contributed by atoms with Gasteiger partial charge < -0.3 is 5.11 Å². The monoisotopic (exact) mass is 246 g/mol. The predicted molar refractivity (Wildman–Crippen MR) is 66.6 cm³/mol. The zero-order valence-corrected chi connectivity index (χ0v) is 9.94. The number of hydrogen-bond acceptors (Lipinski definition) is 3. The number of thiazole rings is 1. The van der Waals surface area contributed by atoms with Crippen molar-refractivity contribution in [3.05, 3.63) is 36.2 Å². The molecule has 0 bridgehead atoms. The summed E-state index contributed by atoms with van der Waals surface area (Å²) in [6.07, 6.45) is 3.67. The Balaban J connectivity index is 2.22. The van der Waals surface area contributed by atoms with Crippen molar-refractivity contribution in [1.82, 2.24) is 9.38 Å². The molecule has 0 radical (unpaired) electrons. The second-order valence-corrected chi connectivity index (χ2v) is 4.98. The molecule has 0 amide bonds. The van der Waals surface area contributed by atoms with Gasteiger partial charge in [-0.15, -0.1) is 0 Å². The summed E-state index contributed by atoms with van der Waals surface area (Å²) in [6.45, 7) is 1.70. The van der Waals surface area contributed by atoms with Crippen LogP contribution in [0.4, 0.5) is 0 Å². The summed E-state index contributed by atoms with van der Waals surface area (Å²) in [4.78, 5) is 16.1. The van der Waals surface area contributed by atoms with E-state index < -0.39 is 11.9 Å². The van der Waals surface area contributed by atoms with E-state index in [0.29, 0.717) is 0 Å². The van der Waals surface area contributed by atoms with E-state index in [1.165, 1.54) is 0 Å². The van der Waals surface area contributed by atoms with Gasteiger partial charge in [0.1, 0.15) is 0 Å². The molecule has 86 valence electrons. The molecule has 2 heterocycles. The average molecular weight is 246 g/mol. The molecule has 0 aliphatic rings. The van der Waals surface area contributed by atoms with E-state index in [4.69, 9.17) is 5.11 Å². The molecule has 0 aliphatic heterocycles. The highest BCUT2D eigenvalue weighted by atomic mass is 32.1. The molecular weight excluding hydrogens is 236 g/mol. The largest absolute Gasteiger partial charge is 0.481 e. The molecular formula is C12H10N2O2S. The molecule has 1 unspecified atom stereocenters. The van der Waals surface area contributed by atoms with Gasteiger partial charge in [0, 0.05) is 12.4 Å². The fourth-order valence-electron chi connectivity index (χ4n) is 1.87. The van der Waals surface area contributed by atoms with Crippen molar-refractivity contribution in [3.63, 3.8) is 0 Å². The van der Waals surface area contributed by atoms with Gasteiger partial charge in [-0.05, 0) is 24.6 Å². The van der Waals surface area contributed by atoms with Crippen molar-refractivity contribution in [2.45, 2.75) is 12.8 Å². The first-order chi connectivity index (χ1) is 8.16. The van der Waals surface area contributed by atoms with Crippen molar-refractivity contribution >= 4 is 32.5 Å². The number of aromatic nitrogens is 2. The zero-order valence-electron chi connectivity index (χ0n) is 9.12. The fourth-order valence-corrected chi connectivity index (χ4v) is 2.90. The summed E-state index contributed by atoms with van der Waals surface area (Å²) < 4.78 is 3.08. The van der Waals surface area contributed by atoms with E-state index in [2.05, 4.69) is 4.98 Å². The minimum absolute atomic E-state index is 0.478. The molecule has 3 aromatic rings. The van der Waals surface area contributed by atoms with Crippen molar-refractivity contribution in [2.75, 3.05) is 0 Å². The van der Waals surface area contributed by atoms with Crippen LogP contribution in [0.3, 0.4) is 0 Å². The minimum Gasteiger partial charge on any atom is -0.481 e.